The monoisotopic (exact) mass is 299 g/mol. The number of hydrogen-bond acceptors (Lipinski definition) is 3. The van der Waals surface area contributed by atoms with Crippen LogP contribution in [0.2, 0.25) is 0 Å². The molecule has 0 spiro atoms. The molecule has 0 saturated heterocycles. The van der Waals surface area contributed by atoms with E-state index in [2.05, 4.69) is 43.3 Å². The Morgan fingerprint density at radius 1 is 1.09 bits per heavy atom. The molecule has 0 aliphatic heterocycles. The molecule has 22 heavy (non-hydrogen) atoms. The lowest BCUT2D eigenvalue weighted by atomic mass is 9.79. The number of benzene rings is 1. The number of rotatable bonds is 4. The standard InChI is InChI=1S/C19H25NO2/c1-20(2)17-9-5-4-8-15(17)14-18-16(10-13-22-18)19(21)11-6-3-7-12-19/h4-5,8-10,13,21H,3,6-7,11-12,14H2,1-2H3. The van der Waals surface area contributed by atoms with E-state index in [1.165, 1.54) is 17.7 Å². The van der Waals surface area contributed by atoms with Crippen LogP contribution in [0.15, 0.2) is 41.0 Å². The molecule has 1 heterocycles. The molecule has 1 aliphatic rings. The molecule has 3 rings (SSSR count). The normalized spacial score (nSPS) is 17.4. The summed E-state index contributed by atoms with van der Waals surface area (Å²) in [5, 5.41) is 11.0. The lowest BCUT2D eigenvalue weighted by Gasteiger charge is -2.32. The number of aliphatic hydroxyl groups is 1. The van der Waals surface area contributed by atoms with Crippen molar-refractivity contribution < 1.29 is 9.52 Å². The topological polar surface area (TPSA) is 36.6 Å². The number of furan rings is 1. The third-order valence-electron chi connectivity index (χ3n) is 4.75. The van der Waals surface area contributed by atoms with Crippen molar-refractivity contribution in [1.29, 1.82) is 0 Å². The van der Waals surface area contributed by atoms with Crippen molar-refractivity contribution in [2.45, 2.75) is 44.1 Å². The fraction of sp³-hybridized carbons (Fsp3) is 0.474. The molecule has 0 unspecified atom stereocenters. The number of nitrogens with zero attached hydrogens (tertiary/aromatic N) is 1. The molecule has 2 aromatic rings. The second-order valence-electron chi connectivity index (χ2n) is 6.55. The first-order chi connectivity index (χ1) is 10.6. The van der Waals surface area contributed by atoms with Crippen LogP contribution < -0.4 is 4.90 Å². The van der Waals surface area contributed by atoms with Crippen molar-refractivity contribution in [3.05, 3.63) is 53.5 Å². The first-order valence-electron chi connectivity index (χ1n) is 8.15. The summed E-state index contributed by atoms with van der Waals surface area (Å²) in [5.74, 6) is 0.902. The van der Waals surface area contributed by atoms with E-state index in [-0.39, 0.29) is 0 Å². The van der Waals surface area contributed by atoms with Crippen molar-refractivity contribution in [1.82, 2.24) is 0 Å². The van der Waals surface area contributed by atoms with Gasteiger partial charge in [0.1, 0.15) is 5.76 Å². The molecular weight excluding hydrogens is 274 g/mol. The number of anilines is 1. The molecular formula is C19H25NO2. The second kappa shape index (κ2) is 6.17. The third kappa shape index (κ3) is 2.91. The summed E-state index contributed by atoms with van der Waals surface area (Å²) < 4.78 is 5.74. The van der Waals surface area contributed by atoms with Crippen LogP contribution in [0, 0.1) is 0 Å². The SMILES string of the molecule is CN(C)c1ccccc1Cc1occc1C1(O)CCCCC1. The van der Waals surface area contributed by atoms with Crippen LogP contribution in [0.5, 0.6) is 0 Å². The molecule has 1 aliphatic carbocycles. The van der Waals surface area contributed by atoms with E-state index in [0.717, 1.165) is 43.4 Å². The van der Waals surface area contributed by atoms with E-state index < -0.39 is 5.60 Å². The molecule has 0 atom stereocenters. The van der Waals surface area contributed by atoms with Gasteiger partial charge in [-0.15, -0.1) is 0 Å². The van der Waals surface area contributed by atoms with Gasteiger partial charge in [-0.25, -0.2) is 0 Å². The molecule has 1 saturated carbocycles. The Morgan fingerprint density at radius 2 is 1.82 bits per heavy atom. The van der Waals surface area contributed by atoms with Crippen molar-refractivity contribution in [2.24, 2.45) is 0 Å². The van der Waals surface area contributed by atoms with Crippen molar-refractivity contribution >= 4 is 5.69 Å². The second-order valence-corrected chi connectivity index (χ2v) is 6.55. The highest BCUT2D eigenvalue weighted by Gasteiger charge is 2.34. The maximum Gasteiger partial charge on any atom is 0.114 e. The smallest absolute Gasteiger partial charge is 0.114 e. The summed E-state index contributed by atoms with van der Waals surface area (Å²) in [7, 11) is 4.10. The quantitative estimate of drug-likeness (QED) is 0.924. The first kappa shape index (κ1) is 15.2. The van der Waals surface area contributed by atoms with E-state index in [1.807, 2.05) is 6.07 Å². The summed E-state index contributed by atoms with van der Waals surface area (Å²) in [5.41, 5.74) is 2.71. The largest absolute Gasteiger partial charge is 0.469 e. The molecule has 0 amide bonds. The van der Waals surface area contributed by atoms with Crippen LogP contribution in [0.25, 0.3) is 0 Å². The van der Waals surface area contributed by atoms with Crippen LogP contribution in [0.4, 0.5) is 5.69 Å². The van der Waals surface area contributed by atoms with Crippen LogP contribution in [-0.2, 0) is 12.0 Å². The van der Waals surface area contributed by atoms with Gasteiger partial charge >= 0.3 is 0 Å². The Kier molecular flexibility index (Phi) is 4.25. The zero-order valence-corrected chi connectivity index (χ0v) is 13.5. The average molecular weight is 299 g/mol. The van der Waals surface area contributed by atoms with E-state index >= 15 is 0 Å². The van der Waals surface area contributed by atoms with E-state index in [4.69, 9.17) is 4.42 Å². The lowest BCUT2D eigenvalue weighted by Crippen LogP contribution is -2.29. The number of para-hydroxylation sites is 1. The molecule has 1 N–H and O–H groups in total. The zero-order chi connectivity index (χ0) is 15.6. The van der Waals surface area contributed by atoms with Gasteiger partial charge in [0, 0.05) is 31.8 Å². The van der Waals surface area contributed by atoms with Crippen molar-refractivity contribution in [3.63, 3.8) is 0 Å². The van der Waals surface area contributed by atoms with Crippen LogP contribution >= 0.6 is 0 Å². The Labute approximate surface area is 132 Å². The fourth-order valence-electron chi connectivity index (χ4n) is 3.57. The summed E-state index contributed by atoms with van der Waals surface area (Å²) >= 11 is 0. The van der Waals surface area contributed by atoms with Crippen LogP contribution in [-0.4, -0.2) is 19.2 Å². The molecule has 118 valence electrons. The Balaban J connectivity index is 1.90. The van der Waals surface area contributed by atoms with Gasteiger partial charge in [-0.05, 0) is 30.5 Å². The molecule has 1 aromatic carbocycles. The van der Waals surface area contributed by atoms with E-state index in [0.29, 0.717) is 0 Å². The minimum atomic E-state index is -0.701. The summed E-state index contributed by atoms with van der Waals surface area (Å²) in [6.45, 7) is 0. The van der Waals surface area contributed by atoms with Gasteiger partial charge in [0.25, 0.3) is 0 Å². The maximum atomic E-state index is 11.0. The van der Waals surface area contributed by atoms with Gasteiger partial charge in [0.15, 0.2) is 0 Å². The molecule has 1 aromatic heterocycles. The van der Waals surface area contributed by atoms with Gasteiger partial charge in [-0.3, -0.25) is 0 Å². The van der Waals surface area contributed by atoms with E-state index in [9.17, 15) is 5.11 Å². The van der Waals surface area contributed by atoms with Crippen molar-refractivity contribution in [3.8, 4) is 0 Å². The molecule has 3 nitrogen and oxygen atoms in total. The first-order valence-corrected chi connectivity index (χ1v) is 8.15. The van der Waals surface area contributed by atoms with E-state index in [1.54, 1.807) is 6.26 Å². The predicted molar refractivity (Wildman–Crippen MR) is 89.3 cm³/mol. The van der Waals surface area contributed by atoms with Gasteiger partial charge in [-0.2, -0.15) is 0 Å². The Hall–Kier alpha value is -1.74. The van der Waals surface area contributed by atoms with Gasteiger partial charge in [0.2, 0.25) is 0 Å². The molecule has 0 bridgehead atoms. The van der Waals surface area contributed by atoms with Crippen LogP contribution in [0.1, 0.15) is 49.0 Å². The molecule has 0 radical (unpaired) electrons. The van der Waals surface area contributed by atoms with Gasteiger partial charge in [-0.1, -0.05) is 37.5 Å². The highest BCUT2D eigenvalue weighted by molar-refractivity contribution is 5.54. The highest BCUT2D eigenvalue weighted by atomic mass is 16.3. The highest BCUT2D eigenvalue weighted by Crippen LogP contribution is 2.39. The fourth-order valence-corrected chi connectivity index (χ4v) is 3.57. The van der Waals surface area contributed by atoms with Crippen LogP contribution in [0.3, 0.4) is 0 Å². The summed E-state index contributed by atoms with van der Waals surface area (Å²) in [6, 6.07) is 10.3. The average Bonchev–Trinajstić information content (AvgIpc) is 2.97. The van der Waals surface area contributed by atoms with Gasteiger partial charge < -0.3 is 14.4 Å². The van der Waals surface area contributed by atoms with Crippen molar-refractivity contribution in [2.75, 3.05) is 19.0 Å². The number of hydrogen-bond donors (Lipinski definition) is 1. The lowest BCUT2D eigenvalue weighted by molar-refractivity contribution is -0.00203. The van der Waals surface area contributed by atoms with Gasteiger partial charge in [0.05, 0.1) is 11.9 Å². The Morgan fingerprint density at radius 3 is 2.55 bits per heavy atom. The third-order valence-corrected chi connectivity index (χ3v) is 4.75. The molecule has 1 fully saturated rings. The maximum absolute atomic E-state index is 11.0. The predicted octanol–water partition coefficient (Wildman–Crippen LogP) is 4.09. The molecule has 3 heteroatoms. The summed E-state index contributed by atoms with van der Waals surface area (Å²) in [6.07, 6.45) is 7.53. The summed E-state index contributed by atoms with van der Waals surface area (Å²) in [4.78, 5) is 2.12. The minimum absolute atomic E-state index is 0.701. The Bertz CT molecular complexity index is 624. The minimum Gasteiger partial charge on any atom is -0.469 e. The zero-order valence-electron chi connectivity index (χ0n) is 13.5.